The van der Waals surface area contributed by atoms with E-state index in [0.717, 1.165) is 5.39 Å². The molecule has 0 aliphatic heterocycles. The van der Waals surface area contributed by atoms with Crippen molar-refractivity contribution < 1.29 is 119 Å². The van der Waals surface area contributed by atoms with E-state index in [0.29, 0.717) is 16.6 Å². The molecule has 0 unspecified atom stereocenters. The van der Waals surface area contributed by atoms with Crippen molar-refractivity contribution in [2.24, 2.45) is 0 Å². The second-order valence-corrected chi connectivity index (χ2v) is 16.0. The molecule has 13 N–H and O–H groups in total. The number of benzene rings is 1. The van der Waals surface area contributed by atoms with E-state index in [-0.39, 0.29) is 130 Å². The van der Waals surface area contributed by atoms with Gasteiger partial charge in [-0.2, -0.15) is 0 Å². The van der Waals surface area contributed by atoms with Crippen molar-refractivity contribution in [3.8, 4) is 0 Å². The third-order valence-corrected chi connectivity index (χ3v) is 10.2. The first-order chi connectivity index (χ1) is 33.8. The molecule has 390 valence electrons. The summed E-state index contributed by atoms with van der Waals surface area (Å²) in [5.41, 5.74) is 1.81. The number of amides is 5. The molecule has 27 nitrogen and oxygen atoms in total. The Morgan fingerprint density at radius 3 is 1.79 bits per heavy atom. The van der Waals surface area contributed by atoms with Gasteiger partial charge in [-0.25, -0.2) is 14.4 Å². The monoisotopic (exact) mass is 1230 g/mol. The zero-order valence-electron chi connectivity index (χ0n) is 39.0. The molecule has 72 heavy (non-hydrogen) atoms. The van der Waals surface area contributed by atoms with Gasteiger partial charge in [0.2, 0.25) is 11.8 Å². The van der Waals surface area contributed by atoms with Gasteiger partial charge in [0, 0.05) is 110 Å². The van der Waals surface area contributed by atoms with Crippen molar-refractivity contribution in [2.75, 3.05) is 65.6 Å². The Balaban J connectivity index is 0.0000178. The van der Waals surface area contributed by atoms with E-state index in [4.69, 9.17) is 10.2 Å². The topological polar surface area (TPSA) is 409 Å². The van der Waals surface area contributed by atoms with Gasteiger partial charge in [0.15, 0.2) is 0 Å². The fourth-order valence-electron chi connectivity index (χ4n) is 6.72. The first-order valence-electron chi connectivity index (χ1n) is 22.2. The maximum atomic E-state index is 13.6. The predicted octanol–water partition coefficient (Wildman–Crippen LogP) is -2.06. The number of fused-ring (bicyclic) bond motifs is 1. The number of hydrogen-bond acceptors (Lipinski definition) is 16. The van der Waals surface area contributed by atoms with Crippen molar-refractivity contribution in [3.05, 3.63) is 71.7 Å². The third-order valence-electron chi connectivity index (χ3n) is 10.2. The van der Waals surface area contributed by atoms with E-state index in [9.17, 15) is 68.4 Å². The smallest absolute Gasteiger partial charge is 0.326 e. The van der Waals surface area contributed by atoms with Crippen LogP contribution in [0, 0.1) is 39.9 Å². The number of nitrogens with zero attached hydrogens (tertiary/aromatic N) is 4. The number of rotatable bonds is 35. The number of carboxylic acids is 6. The maximum absolute atomic E-state index is 13.6. The van der Waals surface area contributed by atoms with Crippen LogP contribution >= 0.6 is 0 Å². The van der Waals surface area contributed by atoms with Gasteiger partial charge in [-0.05, 0) is 55.0 Å². The summed E-state index contributed by atoms with van der Waals surface area (Å²) in [5.74, 6) is -9.28. The third kappa shape index (κ3) is 25.0. The van der Waals surface area contributed by atoms with Crippen LogP contribution in [0.5, 0.6) is 0 Å². The number of para-hydroxylation sites is 1. The van der Waals surface area contributed by atoms with Gasteiger partial charge in [-0.1, -0.05) is 24.3 Å². The molecule has 3 atom stereocenters. The van der Waals surface area contributed by atoms with Crippen molar-refractivity contribution >= 4 is 70.5 Å². The van der Waals surface area contributed by atoms with Gasteiger partial charge in [0.05, 0.1) is 38.4 Å². The number of unbranched alkanes of at least 4 members (excludes halogenated alkanes) is 1. The Hall–Kier alpha value is -6.56. The molecule has 28 heteroatoms. The molecule has 0 fully saturated rings. The van der Waals surface area contributed by atoms with Crippen LogP contribution in [0.25, 0.3) is 10.9 Å². The van der Waals surface area contributed by atoms with Gasteiger partial charge in [-0.3, -0.25) is 53.3 Å². The van der Waals surface area contributed by atoms with Crippen molar-refractivity contribution in [3.63, 3.8) is 0 Å². The number of pyridine rings is 2. The Labute approximate surface area is 443 Å². The van der Waals surface area contributed by atoms with Crippen LogP contribution in [0.3, 0.4) is 0 Å². The number of urea groups is 1. The minimum atomic E-state index is -1.57. The number of carboxylic acid groups (broad SMARTS) is 6. The molecule has 0 radical (unpaired) electrons. The van der Waals surface area contributed by atoms with E-state index in [1.165, 1.54) is 22.1 Å². The van der Waals surface area contributed by atoms with E-state index in [1.54, 1.807) is 12.3 Å². The summed E-state index contributed by atoms with van der Waals surface area (Å²) >= 11 is 0. The molecule has 3 rings (SSSR count). The molecule has 0 aliphatic rings. The van der Waals surface area contributed by atoms with Crippen LogP contribution in [-0.4, -0.2) is 194 Å². The molecule has 0 aliphatic carbocycles. The van der Waals surface area contributed by atoms with Crippen molar-refractivity contribution in [2.45, 2.75) is 63.2 Å². The minimum absolute atomic E-state index is 0. The molecule has 0 saturated carbocycles. The largest absolute Gasteiger partial charge is 0.481 e. The Morgan fingerprint density at radius 2 is 1.21 bits per heavy atom. The quantitative estimate of drug-likeness (QED) is 0.0222. The minimum Gasteiger partial charge on any atom is -0.481 e. The van der Waals surface area contributed by atoms with E-state index >= 15 is 0 Å². The van der Waals surface area contributed by atoms with Crippen LogP contribution in [-0.2, 0) is 51.3 Å². The zero-order chi connectivity index (χ0) is 52.3. The average molecular weight is 1230 g/mol. The molecule has 5 amide bonds. The van der Waals surface area contributed by atoms with Gasteiger partial charge in [0.1, 0.15) is 23.8 Å². The number of carbonyl (C=O) groups is 10. The van der Waals surface area contributed by atoms with E-state index in [2.05, 4.69) is 47.2 Å². The summed E-state index contributed by atoms with van der Waals surface area (Å²) in [6.07, 6.45) is 2.30. The molecule has 3 aromatic rings. The van der Waals surface area contributed by atoms with Crippen molar-refractivity contribution in [1.29, 1.82) is 0 Å². The summed E-state index contributed by atoms with van der Waals surface area (Å²) < 4.78 is 0. The summed E-state index contributed by atoms with van der Waals surface area (Å²) in [6.45, 7) is -0.742. The van der Waals surface area contributed by atoms with E-state index < -0.39 is 104 Å². The van der Waals surface area contributed by atoms with Gasteiger partial charge < -0.3 is 67.9 Å². The van der Waals surface area contributed by atoms with Gasteiger partial charge in [0.25, 0.3) is 5.91 Å². The fourth-order valence-corrected chi connectivity index (χ4v) is 6.72. The molecule has 2 aromatic heterocycles. The fraction of sp³-hybridized carbons (Fsp3) is 0.455. The second kappa shape index (κ2) is 33.2. The van der Waals surface area contributed by atoms with E-state index in [1.807, 2.05) is 30.3 Å². The Morgan fingerprint density at radius 1 is 0.597 bits per heavy atom. The first kappa shape index (κ1) is 61.6. The molecule has 0 saturated heterocycles. The zero-order valence-corrected chi connectivity index (χ0v) is 43.1. The molecule has 0 spiro atoms. The van der Waals surface area contributed by atoms with Crippen LogP contribution in [0.4, 0.5) is 4.79 Å². The molecule has 0 bridgehead atoms. The standard InChI is InChI=1S/C44H59N11O16.Th/c56-35(22-45-13-15-54(24-38(61)62)26-55(25-39(63)64)16-14-46-23-37(59)60)50-20-27-8-9-31(49-19-27)41(66)51-34(18-28-17-29-5-1-2-6-30(29)48-21-28)40(65)47-12-4-3-7-32(42(67)68)52-44(71)53-33(43(69)70)10-11-36(57)58;/h1-2,5-6,8-9,17,19,21,32-34,45-46H,3-4,7,10-16,18,20,22-26H2,(H,47,65)(H,50,56)(H,51,66)(H,57,58)(H,59,60)(H,61,62)(H,63,64)(H,67,68)(H,69,70)(H2,52,53,71);/t32-,33-,34+;/m0./s1. The molecular weight excluding hydrogens is 1170 g/mol. The number of aliphatic carboxylic acids is 6. The maximum Gasteiger partial charge on any atom is 0.326 e. The van der Waals surface area contributed by atoms with Gasteiger partial charge >= 0.3 is 41.8 Å². The first-order valence-corrected chi connectivity index (χ1v) is 22.2. The van der Waals surface area contributed by atoms with Crippen LogP contribution in [0.15, 0.2) is 54.9 Å². The van der Waals surface area contributed by atoms with Crippen LogP contribution in [0.1, 0.15) is 53.7 Å². The summed E-state index contributed by atoms with van der Waals surface area (Å²) in [4.78, 5) is 131. The summed E-state index contributed by atoms with van der Waals surface area (Å²) in [6, 6.07) is 6.83. The normalized spacial score (nSPS) is 12.1. The summed E-state index contributed by atoms with van der Waals surface area (Å²) in [7, 11) is 0. The number of carbonyl (C=O) groups excluding carboxylic acids is 4. The number of hydrogen-bond donors (Lipinski definition) is 13. The molecule has 1 aromatic carbocycles. The predicted molar refractivity (Wildman–Crippen MR) is 248 cm³/mol. The summed E-state index contributed by atoms with van der Waals surface area (Å²) in [5, 5.41) is 73.9. The van der Waals surface area contributed by atoms with Gasteiger partial charge in [-0.15, -0.1) is 0 Å². The second-order valence-electron chi connectivity index (χ2n) is 16.0. The van der Waals surface area contributed by atoms with Crippen molar-refractivity contribution in [1.82, 2.24) is 57.0 Å². The van der Waals surface area contributed by atoms with Crippen LogP contribution in [0.2, 0.25) is 0 Å². The molecule has 2 heterocycles. The number of aromatic nitrogens is 2. The van der Waals surface area contributed by atoms with Crippen LogP contribution < -0.4 is 37.2 Å². The molecular formula is C44H59N11O16Th. The Kier molecular flexibility index (Phi) is 28.4. The Bertz CT molecular complexity index is 2330. The average Bonchev–Trinajstić information content (AvgIpc) is 3.30. The SMILES string of the molecule is O=C(O)CC[C@H](NC(=O)N[C@@H](CCCCNC(=O)[C@@H](Cc1cnc2ccccc2c1)NC(=O)c1ccc(CNC(=O)CNCCN(CC(=O)O)CN(CCNCC(=O)O)CC(=O)O)cn1)C(=O)O)C(=O)O.[Th]. The number of nitrogens with one attached hydrogen (secondary N) is 7.